The molecule has 56 heavy (non-hydrogen) atoms. The molecule has 268 valence electrons. The molecule has 0 spiro atoms. The molecule has 0 aliphatic heterocycles. The van der Waals surface area contributed by atoms with Gasteiger partial charge in [0.1, 0.15) is 0 Å². The van der Waals surface area contributed by atoms with Crippen LogP contribution < -0.4 is 4.90 Å². The van der Waals surface area contributed by atoms with Gasteiger partial charge in [-0.15, -0.1) is 0 Å². The number of anilines is 3. The van der Waals surface area contributed by atoms with Crippen molar-refractivity contribution in [3.8, 4) is 39.1 Å². The number of benzene rings is 8. The van der Waals surface area contributed by atoms with Crippen molar-refractivity contribution in [1.82, 2.24) is 4.57 Å². The molecule has 1 aliphatic carbocycles. The maximum Gasteiger partial charge on any atom is 0.0541 e. The quantitative estimate of drug-likeness (QED) is 0.156. The van der Waals surface area contributed by atoms with Crippen molar-refractivity contribution in [3.05, 3.63) is 210 Å². The fourth-order valence-electron chi connectivity index (χ4n) is 8.71. The van der Waals surface area contributed by atoms with Crippen LogP contribution in [0.3, 0.4) is 0 Å². The first-order valence-electron chi connectivity index (χ1n) is 19.1. The topological polar surface area (TPSA) is 8.17 Å². The molecule has 2 nitrogen and oxygen atoms in total. The number of halogens is 1. The average molecular weight is 784 g/mol. The SMILES string of the molecule is C=Cc1ccc2c(c1)C(C)(C)c1cc(N(c3ccc(-c4ccc(Br)cc4)cc3)c3ccc(-c4ccc5c(c4)c4ccccc4n5-c4ccccc4)cc3)ccc1-2. The number of aromatic nitrogens is 1. The summed E-state index contributed by atoms with van der Waals surface area (Å²) in [6.45, 7) is 8.72. The van der Waals surface area contributed by atoms with Crippen molar-refractivity contribution in [2.24, 2.45) is 0 Å². The summed E-state index contributed by atoms with van der Waals surface area (Å²) >= 11 is 3.58. The van der Waals surface area contributed by atoms with Gasteiger partial charge in [0.25, 0.3) is 0 Å². The predicted molar refractivity (Wildman–Crippen MR) is 242 cm³/mol. The van der Waals surface area contributed by atoms with E-state index in [1.165, 1.54) is 72.0 Å². The van der Waals surface area contributed by atoms with Crippen LogP contribution in [0.5, 0.6) is 0 Å². The van der Waals surface area contributed by atoms with E-state index in [2.05, 4.69) is 228 Å². The van der Waals surface area contributed by atoms with E-state index in [4.69, 9.17) is 0 Å². The fraction of sp³-hybridized carbons (Fsp3) is 0.0566. The first kappa shape index (κ1) is 34.1. The number of hydrogen-bond donors (Lipinski definition) is 0. The van der Waals surface area contributed by atoms with Gasteiger partial charge in [0.05, 0.1) is 11.0 Å². The molecule has 3 heteroatoms. The standard InChI is InChI=1S/C53H39BrN2/c1-4-35-14-29-45-46-30-28-44(34-50(46)53(2,3)49(45)32-35)55(42-24-17-37(18-25-42)36-15-22-40(54)23-16-36)43-26-19-38(20-27-43)39-21-31-52-48(33-39)47-12-8-9-13-51(47)56(52)41-10-6-5-7-11-41/h4-34H,1H2,2-3H3. The second kappa shape index (κ2) is 13.4. The van der Waals surface area contributed by atoms with E-state index < -0.39 is 0 Å². The Morgan fingerprint density at radius 3 is 1.71 bits per heavy atom. The second-order valence-electron chi connectivity index (χ2n) is 15.2. The van der Waals surface area contributed by atoms with E-state index in [-0.39, 0.29) is 5.41 Å². The van der Waals surface area contributed by atoms with Gasteiger partial charge in [-0.1, -0.05) is 146 Å². The third-order valence-corrected chi connectivity index (χ3v) is 12.2. The van der Waals surface area contributed by atoms with Crippen LogP contribution in [-0.4, -0.2) is 4.57 Å². The molecule has 9 aromatic rings. The van der Waals surface area contributed by atoms with E-state index >= 15 is 0 Å². The fourth-order valence-corrected chi connectivity index (χ4v) is 8.98. The van der Waals surface area contributed by atoms with Crippen molar-refractivity contribution in [3.63, 3.8) is 0 Å². The van der Waals surface area contributed by atoms with Crippen LogP contribution in [0.15, 0.2) is 193 Å². The number of fused-ring (bicyclic) bond motifs is 6. The minimum atomic E-state index is -0.150. The van der Waals surface area contributed by atoms with Gasteiger partial charge in [0, 0.05) is 43.4 Å². The Morgan fingerprint density at radius 1 is 0.500 bits per heavy atom. The Balaban J connectivity index is 1.07. The third kappa shape index (κ3) is 5.62. The Morgan fingerprint density at radius 2 is 1.04 bits per heavy atom. The van der Waals surface area contributed by atoms with Crippen molar-refractivity contribution in [2.45, 2.75) is 19.3 Å². The van der Waals surface area contributed by atoms with Gasteiger partial charge in [-0.2, -0.15) is 0 Å². The minimum absolute atomic E-state index is 0.150. The summed E-state index contributed by atoms with van der Waals surface area (Å²) < 4.78 is 3.44. The van der Waals surface area contributed by atoms with Crippen LogP contribution in [0.4, 0.5) is 17.1 Å². The van der Waals surface area contributed by atoms with Crippen LogP contribution >= 0.6 is 15.9 Å². The van der Waals surface area contributed by atoms with E-state index in [0.717, 1.165) is 27.1 Å². The van der Waals surface area contributed by atoms with Gasteiger partial charge >= 0.3 is 0 Å². The van der Waals surface area contributed by atoms with Gasteiger partial charge in [0.15, 0.2) is 0 Å². The highest BCUT2D eigenvalue weighted by atomic mass is 79.9. The van der Waals surface area contributed by atoms with E-state index in [9.17, 15) is 0 Å². The van der Waals surface area contributed by atoms with Gasteiger partial charge in [0.2, 0.25) is 0 Å². The van der Waals surface area contributed by atoms with Gasteiger partial charge in [-0.25, -0.2) is 0 Å². The predicted octanol–water partition coefficient (Wildman–Crippen LogP) is 15.3. The Kier molecular flexibility index (Phi) is 8.16. The van der Waals surface area contributed by atoms with E-state index in [1.54, 1.807) is 0 Å². The molecular weight excluding hydrogens is 745 g/mol. The zero-order chi connectivity index (χ0) is 38.0. The minimum Gasteiger partial charge on any atom is -0.310 e. The first-order chi connectivity index (χ1) is 27.4. The van der Waals surface area contributed by atoms with Crippen molar-refractivity contribution < 1.29 is 0 Å². The number of rotatable bonds is 7. The van der Waals surface area contributed by atoms with Gasteiger partial charge in [-0.05, 0) is 129 Å². The molecule has 0 atom stereocenters. The summed E-state index contributed by atoms with van der Waals surface area (Å²) in [6, 6.07) is 66.4. The van der Waals surface area contributed by atoms with E-state index in [0.29, 0.717) is 0 Å². The summed E-state index contributed by atoms with van der Waals surface area (Å²) in [5, 5.41) is 2.51. The zero-order valence-corrected chi connectivity index (χ0v) is 33.0. The van der Waals surface area contributed by atoms with Crippen LogP contribution in [0.2, 0.25) is 0 Å². The van der Waals surface area contributed by atoms with Crippen LogP contribution in [0, 0.1) is 0 Å². The second-order valence-corrected chi connectivity index (χ2v) is 16.1. The summed E-state index contributed by atoms with van der Waals surface area (Å²) in [6.07, 6.45) is 1.94. The Labute approximate surface area is 336 Å². The number of hydrogen-bond acceptors (Lipinski definition) is 1. The van der Waals surface area contributed by atoms with E-state index in [1.807, 2.05) is 6.08 Å². The molecule has 1 heterocycles. The van der Waals surface area contributed by atoms with Crippen molar-refractivity contribution >= 4 is 60.9 Å². The maximum atomic E-state index is 4.04. The summed E-state index contributed by atoms with van der Waals surface area (Å²) in [5.41, 5.74) is 18.0. The lowest BCUT2D eigenvalue weighted by atomic mass is 9.81. The van der Waals surface area contributed by atoms with Crippen LogP contribution in [0.25, 0.3) is 66.9 Å². The Bertz CT molecular complexity index is 2940. The van der Waals surface area contributed by atoms with Crippen LogP contribution in [0.1, 0.15) is 30.5 Å². The maximum absolute atomic E-state index is 4.04. The lowest BCUT2D eigenvalue weighted by Crippen LogP contribution is -2.16. The molecule has 0 saturated heterocycles. The molecular formula is C53H39BrN2. The Hall–Kier alpha value is -6.42. The molecule has 8 aromatic carbocycles. The molecule has 0 N–H and O–H groups in total. The molecule has 0 radical (unpaired) electrons. The highest BCUT2D eigenvalue weighted by molar-refractivity contribution is 9.10. The highest BCUT2D eigenvalue weighted by Gasteiger charge is 2.36. The summed E-state index contributed by atoms with van der Waals surface area (Å²) in [7, 11) is 0. The normalized spacial score (nSPS) is 12.8. The molecule has 0 unspecified atom stereocenters. The van der Waals surface area contributed by atoms with Crippen molar-refractivity contribution in [1.29, 1.82) is 0 Å². The molecule has 1 aliphatic rings. The average Bonchev–Trinajstić information content (AvgIpc) is 3.69. The molecule has 0 fully saturated rings. The smallest absolute Gasteiger partial charge is 0.0541 e. The monoisotopic (exact) mass is 782 g/mol. The molecule has 0 bridgehead atoms. The zero-order valence-electron chi connectivity index (χ0n) is 31.4. The summed E-state index contributed by atoms with van der Waals surface area (Å²) in [5.74, 6) is 0. The number of nitrogens with zero attached hydrogens (tertiary/aromatic N) is 2. The molecule has 10 rings (SSSR count). The molecule has 0 amide bonds. The number of para-hydroxylation sites is 2. The van der Waals surface area contributed by atoms with Gasteiger partial charge < -0.3 is 9.47 Å². The highest BCUT2D eigenvalue weighted by Crippen LogP contribution is 2.51. The lowest BCUT2D eigenvalue weighted by molar-refractivity contribution is 0.660. The molecule has 1 aromatic heterocycles. The molecule has 0 saturated carbocycles. The van der Waals surface area contributed by atoms with Crippen LogP contribution in [-0.2, 0) is 5.41 Å². The van der Waals surface area contributed by atoms with Gasteiger partial charge in [-0.3, -0.25) is 0 Å². The summed E-state index contributed by atoms with van der Waals surface area (Å²) in [4.78, 5) is 2.39. The third-order valence-electron chi connectivity index (χ3n) is 11.6. The largest absolute Gasteiger partial charge is 0.310 e. The first-order valence-corrected chi connectivity index (χ1v) is 19.9. The lowest BCUT2D eigenvalue weighted by Gasteiger charge is -2.28. The van der Waals surface area contributed by atoms with Crippen molar-refractivity contribution in [2.75, 3.05) is 4.90 Å².